The summed E-state index contributed by atoms with van der Waals surface area (Å²) in [5.74, 6) is 0.150. The zero-order valence-electron chi connectivity index (χ0n) is 14.8. The molecule has 2 amide bonds. The van der Waals surface area contributed by atoms with Gasteiger partial charge in [-0.3, -0.25) is 9.59 Å². The molecule has 2 fully saturated rings. The number of hydrogen-bond donors (Lipinski definition) is 1. The molecule has 0 radical (unpaired) electrons. The molecule has 1 unspecified atom stereocenters. The lowest BCUT2D eigenvalue weighted by Crippen LogP contribution is -2.46. The molecule has 6 nitrogen and oxygen atoms in total. The van der Waals surface area contributed by atoms with Crippen LogP contribution in [0.2, 0.25) is 0 Å². The van der Waals surface area contributed by atoms with Gasteiger partial charge in [-0.25, -0.2) is 4.98 Å². The van der Waals surface area contributed by atoms with Crippen molar-refractivity contribution in [1.82, 2.24) is 20.1 Å². The second-order valence-electron chi connectivity index (χ2n) is 6.19. The molecule has 1 aromatic heterocycles. The maximum Gasteiger partial charge on any atom is 0.256 e. The number of nitrogens with zero attached hydrogens (tertiary/aromatic N) is 3. The summed E-state index contributed by atoms with van der Waals surface area (Å²) in [6, 6.07) is 3.60. The van der Waals surface area contributed by atoms with Gasteiger partial charge in [0.2, 0.25) is 5.91 Å². The minimum atomic E-state index is -0.229. The number of hydrogen-bond acceptors (Lipinski definition) is 5. The predicted molar refractivity (Wildman–Crippen MR) is 109 cm³/mol. The first-order valence-electron chi connectivity index (χ1n) is 8.57. The van der Waals surface area contributed by atoms with Gasteiger partial charge in [-0.05, 0) is 31.9 Å². The van der Waals surface area contributed by atoms with E-state index in [-0.39, 0.29) is 41.9 Å². The highest BCUT2D eigenvalue weighted by molar-refractivity contribution is 8.00. The van der Waals surface area contributed by atoms with Crippen LogP contribution in [0.5, 0.6) is 0 Å². The Morgan fingerprint density at radius 1 is 1.12 bits per heavy atom. The number of halogens is 2. The lowest BCUT2D eigenvalue weighted by Gasteiger charge is -2.28. The summed E-state index contributed by atoms with van der Waals surface area (Å²) in [4.78, 5) is 33.4. The van der Waals surface area contributed by atoms with Crippen LogP contribution in [0.25, 0.3) is 0 Å². The Labute approximate surface area is 171 Å². The van der Waals surface area contributed by atoms with Crippen LogP contribution in [0.15, 0.2) is 23.4 Å². The topological polar surface area (TPSA) is 65.5 Å². The molecule has 0 saturated carbocycles. The second kappa shape index (κ2) is 11.0. The molecule has 3 rings (SSSR count). The lowest BCUT2D eigenvalue weighted by molar-refractivity contribution is -0.129. The van der Waals surface area contributed by atoms with Crippen molar-refractivity contribution in [2.24, 2.45) is 0 Å². The average molecular weight is 421 g/mol. The molecule has 1 N–H and O–H groups in total. The molecule has 1 atom stereocenters. The Morgan fingerprint density at radius 3 is 2.42 bits per heavy atom. The van der Waals surface area contributed by atoms with Gasteiger partial charge < -0.3 is 15.1 Å². The Kier molecular flexibility index (Phi) is 9.71. The zero-order chi connectivity index (χ0) is 16.9. The van der Waals surface area contributed by atoms with Gasteiger partial charge in [0.25, 0.3) is 5.91 Å². The molecule has 0 bridgehead atoms. The highest BCUT2D eigenvalue weighted by Gasteiger charge is 2.27. The summed E-state index contributed by atoms with van der Waals surface area (Å²) >= 11 is 1.39. The monoisotopic (exact) mass is 420 g/mol. The molecule has 0 aliphatic carbocycles. The molecule has 3 heterocycles. The van der Waals surface area contributed by atoms with Crippen molar-refractivity contribution in [1.29, 1.82) is 0 Å². The first-order chi connectivity index (χ1) is 11.7. The summed E-state index contributed by atoms with van der Waals surface area (Å²) in [6.45, 7) is 6.65. The van der Waals surface area contributed by atoms with Gasteiger partial charge in [0.05, 0.1) is 10.8 Å². The van der Waals surface area contributed by atoms with E-state index >= 15 is 0 Å². The van der Waals surface area contributed by atoms with E-state index < -0.39 is 0 Å². The minimum absolute atomic E-state index is 0. The minimum Gasteiger partial charge on any atom is -0.342 e. The normalized spacial score (nSPS) is 17.9. The van der Waals surface area contributed by atoms with Gasteiger partial charge in [-0.15, -0.1) is 24.8 Å². The first-order valence-corrected chi connectivity index (χ1v) is 9.45. The van der Waals surface area contributed by atoms with Crippen LogP contribution in [0.3, 0.4) is 0 Å². The number of amides is 2. The average Bonchev–Trinajstić information content (AvgIpc) is 3.16. The Morgan fingerprint density at radius 2 is 1.77 bits per heavy atom. The molecule has 2 saturated heterocycles. The Bertz CT molecular complexity index is 608. The molecule has 2 aliphatic rings. The molecular weight excluding hydrogens is 395 g/mol. The number of thioether (sulfide) groups is 1. The van der Waals surface area contributed by atoms with E-state index in [9.17, 15) is 9.59 Å². The van der Waals surface area contributed by atoms with Crippen LogP contribution in [0, 0.1) is 0 Å². The molecule has 26 heavy (non-hydrogen) atoms. The lowest BCUT2D eigenvalue weighted by atomic mass is 10.2. The molecule has 0 aromatic carbocycles. The predicted octanol–water partition coefficient (Wildman–Crippen LogP) is 2.07. The fourth-order valence-electron chi connectivity index (χ4n) is 3.10. The SMILES string of the molecule is CC(Sc1ncccc1C(=O)N1CCNCC1)C(=O)N1CCCC1.Cl.Cl. The first kappa shape index (κ1) is 23.0. The third kappa shape index (κ3) is 5.49. The van der Waals surface area contributed by atoms with Crippen LogP contribution in [0.1, 0.15) is 30.1 Å². The number of nitrogens with one attached hydrogen (secondary N) is 1. The number of carbonyl (C=O) groups is 2. The van der Waals surface area contributed by atoms with Crippen molar-refractivity contribution < 1.29 is 9.59 Å². The Balaban J connectivity index is 0.00000169. The van der Waals surface area contributed by atoms with Crippen LogP contribution in [-0.2, 0) is 4.79 Å². The third-order valence-electron chi connectivity index (χ3n) is 4.46. The van der Waals surface area contributed by atoms with E-state index in [1.54, 1.807) is 12.3 Å². The van der Waals surface area contributed by atoms with E-state index in [1.165, 1.54) is 11.8 Å². The van der Waals surface area contributed by atoms with Crippen LogP contribution in [-0.4, -0.2) is 71.1 Å². The smallest absolute Gasteiger partial charge is 0.256 e. The number of rotatable bonds is 4. The molecule has 1 aromatic rings. The van der Waals surface area contributed by atoms with Crippen molar-refractivity contribution in [2.45, 2.75) is 30.0 Å². The summed E-state index contributed by atoms with van der Waals surface area (Å²) in [6.07, 6.45) is 3.85. The van der Waals surface area contributed by atoms with Gasteiger partial charge in [0.15, 0.2) is 0 Å². The summed E-state index contributed by atoms with van der Waals surface area (Å²) in [5.41, 5.74) is 0.602. The van der Waals surface area contributed by atoms with Gasteiger partial charge in [0, 0.05) is 45.5 Å². The fraction of sp³-hybridized carbons (Fsp3) is 0.588. The number of aromatic nitrogens is 1. The molecular formula is C17H26Cl2N4O2S. The third-order valence-corrected chi connectivity index (χ3v) is 5.56. The van der Waals surface area contributed by atoms with Gasteiger partial charge in [-0.2, -0.15) is 0 Å². The van der Waals surface area contributed by atoms with E-state index in [0.29, 0.717) is 23.7 Å². The van der Waals surface area contributed by atoms with Crippen molar-refractivity contribution in [3.8, 4) is 0 Å². The standard InChI is InChI=1S/C17H24N4O2S.2ClH/c1-13(16(22)20-9-2-3-10-20)24-15-14(5-4-6-19-15)17(23)21-11-7-18-8-12-21;;/h4-6,13,18H,2-3,7-12H2,1H3;2*1H. The van der Waals surface area contributed by atoms with E-state index in [1.807, 2.05) is 22.8 Å². The maximum absolute atomic E-state index is 12.8. The van der Waals surface area contributed by atoms with Gasteiger partial charge >= 0.3 is 0 Å². The highest BCUT2D eigenvalue weighted by Crippen LogP contribution is 2.27. The second-order valence-corrected chi connectivity index (χ2v) is 7.52. The molecule has 2 aliphatic heterocycles. The van der Waals surface area contributed by atoms with E-state index in [2.05, 4.69) is 10.3 Å². The molecule has 0 spiro atoms. The van der Waals surface area contributed by atoms with E-state index in [4.69, 9.17) is 0 Å². The van der Waals surface area contributed by atoms with Crippen LogP contribution < -0.4 is 5.32 Å². The van der Waals surface area contributed by atoms with Crippen molar-refractivity contribution in [2.75, 3.05) is 39.3 Å². The highest BCUT2D eigenvalue weighted by atomic mass is 35.5. The van der Waals surface area contributed by atoms with E-state index in [0.717, 1.165) is 39.0 Å². The van der Waals surface area contributed by atoms with Crippen molar-refractivity contribution >= 4 is 48.4 Å². The number of pyridine rings is 1. The zero-order valence-corrected chi connectivity index (χ0v) is 17.3. The van der Waals surface area contributed by atoms with Crippen molar-refractivity contribution in [3.05, 3.63) is 23.9 Å². The summed E-state index contributed by atoms with van der Waals surface area (Å²) in [5, 5.41) is 3.67. The van der Waals surface area contributed by atoms with Crippen LogP contribution in [0.4, 0.5) is 0 Å². The van der Waals surface area contributed by atoms with Gasteiger partial charge in [0.1, 0.15) is 5.03 Å². The summed E-state index contributed by atoms with van der Waals surface area (Å²) < 4.78 is 0. The number of likely N-dealkylation sites (tertiary alicyclic amines) is 1. The quantitative estimate of drug-likeness (QED) is 0.755. The van der Waals surface area contributed by atoms with Crippen LogP contribution >= 0.6 is 36.6 Å². The number of piperazine rings is 1. The number of carbonyl (C=O) groups excluding carboxylic acids is 2. The fourth-order valence-corrected chi connectivity index (χ4v) is 4.09. The molecule has 146 valence electrons. The molecule has 9 heteroatoms. The van der Waals surface area contributed by atoms with Gasteiger partial charge in [-0.1, -0.05) is 11.8 Å². The maximum atomic E-state index is 12.8. The summed E-state index contributed by atoms with van der Waals surface area (Å²) in [7, 11) is 0. The largest absolute Gasteiger partial charge is 0.342 e. The Hall–Kier alpha value is -1.02. The van der Waals surface area contributed by atoms with Crippen molar-refractivity contribution in [3.63, 3.8) is 0 Å².